The molecule has 2 rings (SSSR count). The molecule has 0 aliphatic heterocycles. The molecular formula is C14H18N4O. The normalized spacial score (nSPS) is 10.5. The minimum absolute atomic E-state index is 0.166. The first-order chi connectivity index (χ1) is 9.01. The van der Waals surface area contributed by atoms with Crippen molar-refractivity contribution in [2.75, 3.05) is 5.32 Å². The first-order valence-corrected chi connectivity index (χ1v) is 6.13. The van der Waals surface area contributed by atoms with Crippen molar-refractivity contribution in [2.24, 2.45) is 12.8 Å². The number of anilines is 1. The van der Waals surface area contributed by atoms with E-state index in [1.165, 1.54) is 0 Å². The van der Waals surface area contributed by atoms with Crippen LogP contribution in [0, 0.1) is 13.8 Å². The zero-order valence-corrected chi connectivity index (χ0v) is 11.4. The molecule has 1 amide bonds. The van der Waals surface area contributed by atoms with E-state index in [-0.39, 0.29) is 5.91 Å². The first kappa shape index (κ1) is 13.3. The third-order valence-corrected chi connectivity index (χ3v) is 3.02. The second-order valence-corrected chi connectivity index (χ2v) is 4.60. The fraction of sp³-hybridized carbons (Fsp3) is 0.286. The van der Waals surface area contributed by atoms with E-state index in [0.29, 0.717) is 12.2 Å². The molecule has 1 aromatic carbocycles. The van der Waals surface area contributed by atoms with Crippen molar-refractivity contribution >= 4 is 11.6 Å². The summed E-state index contributed by atoms with van der Waals surface area (Å²) in [5, 5.41) is 7.07. The van der Waals surface area contributed by atoms with E-state index in [1.54, 1.807) is 17.8 Å². The summed E-state index contributed by atoms with van der Waals surface area (Å²) in [6, 6.07) is 7.57. The monoisotopic (exact) mass is 258 g/mol. The standard InChI is InChI=1S/C14H18N4O/c1-9-4-5-11(8-15)7-12(9)16-14(19)13-6-10(2)17-18(13)3/h4-7H,8,15H2,1-3H3,(H,16,19). The van der Waals surface area contributed by atoms with Crippen LogP contribution in [0.25, 0.3) is 0 Å². The van der Waals surface area contributed by atoms with E-state index in [0.717, 1.165) is 22.5 Å². The summed E-state index contributed by atoms with van der Waals surface area (Å²) in [4.78, 5) is 12.2. The molecular weight excluding hydrogens is 240 g/mol. The Morgan fingerprint density at radius 3 is 2.68 bits per heavy atom. The molecule has 0 saturated carbocycles. The maximum Gasteiger partial charge on any atom is 0.273 e. The summed E-state index contributed by atoms with van der Waals surface area (Å²) in [6.07, 6.45) is 0. The Morgan fingerprint density at radius 2 is 2.11 bits per heavy atom. The molecule has 0 fully saturated rings. The zero-order valence-electron chi connectivity index (χ0n) is 11.4. The van der Waals surface area contributed by atoms with Gasteiger partial charge in [0.05, 0.1) is 5.69 Å². The van der Waals surface area contributed by atoms with Crippen LogP contribution in [0.5, 0.6) is 0 Å². The fourth-order valence-corrected chi connectivity index (χ4v) is 1.94. The van der Waals surface area contributed by atoms with Gasteiger partial charge in [-0.3, -0.25) is 9.48 Å². The van der Waals surface area contributed by atoms with Gasteiger partial charge >= 0.3 is 0 Å². The maximum absolute atomic E-state index is 12.2. The van der Waals surface area contributed by atoms with Crippen molar-refractivity contribution in [3.63, 3.8) is 0 Å². The van der Waals surface area contributed by atoms with Crippen LogP contribution in [-0.4, -0.2) is 15.7 Å². The molecule has 0 radical (unpaired) electrons. The highest BCUT2D eigenvalue weighted by molar-refractivity contribution is 6.03. The van der Waals surface area contributed by atoms with Crippen LogP contribution in [0.1, 0.15) is 27.3 Å². The number of carbonyl (C=O) groups excluding carboxylic acids is 1. The predicted molar refractivity (Wildman–Crippen MR) is 75.0 cm³/mol. The lowest BCUT2D eigenvalue weighted by Gasteiger charge is -2.10. The number of benzene rings is 1. The molecule has 100 valence electrons. The molecule has 0 saturated heterocycles. The Bertz CT molecular complexity index is 616. The molecule has 19 heavy (non-hydrogen) atoms. The molecule has 0 bridgehead atoms. The van der Waals surface area contributed by atoms with E-state index in [4.69, 9.17) is 5.73 Å². The highest BCUT2D eigenvalue weighted by atomic mass is 16.2. The average Bonchev–Trinajstić information content (AvgIpc) is 2.71. The number of aryl methyl sites for hydroxylation is 3. The molecule has 1 aromatic heterocycles. The van der Waals surface area contributed by atoms with Gasteiger partial charge in [0.1, 0.15) is 5.69 Å². The number of hydrogen-bond donors (Lipinski definition) is 2. The van der Waals surface area contributed by atoms with Crippen molar-refractivity contribution in [2.45, 2.75) is 20.4 Å². The third kappa shape index (κ3) is 2.82. The molecule has 0 atom stereocenters. The van der Waals surface area contributed by atoms with E-state index in [9.17, 15) is 4.79 Å². The third-order valence-electron chi connectivity index (χ3n) is 3.02. The van der Waals surface area contributed by atoms with Crippen LogP contribution < -0.4 is 11.1 Å². The minimum atomic E-state index is -0.166. The summed E-state index contributed by atoms with van der Waals surface area (Å²) < 4.78 is 1.58. The van der Waals surface area contributed by atoms with E-state index >= 15 is 0 Å². The van der Waals surface area contributed by atoms with Crippen LogP contribution in [0.3, 0.4) is 0 Å². The SMILES string of the molecule is Cc1cc(C(=O)Nc2cc(CN)ccc2C)n(C)n1. The summed E-state index contributed by atoms with van der Waals surface area (Å²) >= 11 is 0. The van der Waals surface area contributed by atoms with Crippen LogP contribution in [0.4, 0.5) is 5.69 Å². The molecule has 0 aliphatic carbocycles. The predicted octanol–water partition coefficient (Wildman–Crippen LogP) is 1.75. The van der Waals surface area contributed by atoms with Crippen LogP contribution in [0.15, 0.2) is 24.3 Å². The van der Waals surface area contributed by atoms with Crippen LogP contribution in [0.2, 0.25) is 0 Å². The Hall–Kier alpha value is -2.14. The molecule has 0 spiro atoms. The summed E-state index contributed by atoms with van der Waals surface area (Å²) in [6.45, 7) is 4.26. The summed E-state index contributed by atoms with van der Waals surface area (Å²) in [7, 11) is 1.76. The van der Waals surface area contributed by atoms with Crippen molar-refractivity contribution < 1.29 is 4.79 Å². The van der Waals surface area contributed by atoms with Gasteiger partial charge in [0.2, 0.25) is 0 Å². The van der Waals surface area contributed by atoms with E-state index < -0.39 is 0 Å². The Kier molecular flexibility index (Phi) is 3.66. The molecule has 0 aliphatic rings. The maximum atomic E-state index is 12.2. The van der Waals surface area contributed by atoms with Crippen LogP contribution >= 0.6 is 0 Å². The van der Waals surface area contributed by atoms with Crippen molar-refractivity contribution in [3.05, 3.63) is 46.8 Å². The molecule has 0 unspecified atom stereocenters. The number of amides is 1. The van der Waals surface area contributed by atoms with Gasteiger partial charge in [-0.05, 0) is 37.1 Å². The fourth-order valence-electron chi connectivity index (χ4n) is 1.94. The molecule has 5 heteroatoms. The highest BCUT2D eigenvalue weighted by Crippen LogP contribution is 2.17. The first-order valence-electron chi connectivity index (χ1n) is 6.13. The number of rotatable bonds is 3. The van der Waals surface area contributed by atoms with Gasteiger partial charge in [0.15, 0.2) is 0 Å². The number of hydrogen-bond acceptors (Lipinski definition) is 3. The number of aromatic nitrogens is 2. The lowest BCUT2D eigenvalue weighted by molar-refractivity contribution is 0.101. The second kappa shape index (κ2) is 5.24. The van der Waals surface area contributed by atoms with Gasteiger partial charge in [-0.15, -0.1) is 0 Å². The molecule has 3 N–H and O–H groups in total. The highest BCUT2D eigenvalue weighted by Gasteiger charge is 2.13. The van der Waals surface area contributed by atoms with Gasteiger partial charge in [-0.1, -0.05) is 12.1 Å². The topological polar surface area (TPSA) is 72.9 Å². The summed E-state index contributed by atoms with van der Waals surface area (Å²) in [5.41, 5.74) is 9.74. The van der Waals surface area contributed by atoms with Gasteiger partial charge in [0.25, 0.3) is 5.91 Å². The van der Waals surface area contributed by atoms with Gasteiger partial charge < -0.3 is 11.1 Å². The van der Waals surface area contributed by atoms with Crippen molar-refractivity contribution in [1.82, 2.24) is 9.78 Å². The summed E-state index contributed by atoms with van der Waals surface area (Å²) in [5.74, 6) is -0.166. The molecule has 5 nitrogen and oxygen atoms in total. The van der Waals surface area contributed by atoms with E-state index in [1.807, 2.05) is 32.0 Å². The lowest BCUT2D eigenvalue weighted by Crippen LogP contribution is -2.17. The molecule has 1 heterocycles. The number of carbonyl (C=O) groups is 1. The van der Waals surface area contributed by atoms with Crippen LogP contribution in [-0.2, 0) is 13.6 Å². The zero-order chi connectivity index (χ0) is 14.0. The van der Waals surface area contributed by atoms with Gasteiger partial charge in [-0.2, -0.15) is 5.10 Å². The molecule has 2 aromatic rings. The Labute approximate surface area is 112 Å². The Morgan fingerprint density at radius 1 is 1.37 bits per heavy atom. The second-order valence-electron chi connectivity index (χ2n) is 4.60. The average molecular weight is 258 g/mol. The number of nitrogens with two attached hydrogens (primary N) is 1. The minimum Gasteiger partial charge on any atom is -0.326 e. The van der Waals surface area contributed by atoms with Crippen molar-refractivity contribution in [1.29, 1.82) is 0 Å². The van der Waals surface area contributed by atoms with E-state index in [2.05, 4.69) is 10.4 Å². The van der Waals surface area contributed by atoms with Gasteiger partial charge in [-0.25, -0.2) is 0 Å². The quantitative estimate of drug-likeness (QED) is 0.881. The van der Waals surface area contributed by atoms with Crippen molar-refractivity contribution in [3.8, 4) is 0 Å². The number of nitrogens with zero attached hydrogens (tertiary/aromatic N) is 2. The van der Waals surface area contributed by atoms with Gasteiger partial charge in [0, 0.05) is 19.3 Å². The largest absolute Gasteiger partial charge is 0.326 e. The number of nitrogens with one attached hydrogen (secondary N) is 1. The smallest absolute Gasteiger partial charge is 0.273 e. The lowest BCUT2D eigenvalue weighted by atomic mass is 10.1. The Balaban J connectivity index is 2.26.